The van der Waals surface area contributed by atoms with E-state index in [1.54, 1.807) is 0 Å². The van der Waals surface area contributed by atoms with Gasteiger partial charge >= 0.3 is 0 Å². The molecule has 1 aliphatic heterocycles. The summed E-state index contributed by atoms with van der Waals surface area (Å²) in [6.45, 7) is 4.28. The summed E-state index contributed by atoms with van der Waals surface area (Å²) >= 11 is 0. The zero-order valence-electron chi connectivity index (χ0n) is 11.7. The largest absolute Gasteiger partial charge is 0.384 e. The van der Waals surface area contributed by atoms with E-state index in [9.17, 15) is 13.6 Å². The van der Waals surface area contributed by atoms with Gasteiger partial charge in [-0.3, -0.25) is 4.79 Å². The van der Waals surface area contributed by atoms with E-state index in [4.69, 9.17) is 0 Å². The first-order valence-electron chi connectivity index (χ1n) is 7.03. The van der Waals surface area contributed by atoms with E-state index < -0.39 is 11.6 Å². The lowest BCUT2D eigenvalue weighted by molar-refractivity contribution is -0.132. The number of hydrogen-bond donors (Lipinski definition) is 1. The van der Waals surface area contributed by atoms with Crippen molar-refractivity contribution in [3.63, 3.8) is 0 Å². The number of carbonyl (C=O) groups is 1. The molecule has 0 aromatic heterocycles. The molecule has 1 fully saturated rings. The maximum absolute atomic E-state index is 13.0. The molecule has 1 aliphatic rings. The lowest BCUT2D eigenvalue weighted by atomic mass is 9.99. The Kier molecular flexibility index (Phi) is 4.93. The van der Waals surface area contributed by atoms with E-state index in [0.29, 0.717) is 24.6 Å². The van der Waals surface area contributed by atoms with Crippen LogP contribution in [0.3, 0.4) is 0 Å². The van der Waals surface area contributed by atoms with Crippen LogP contribution >= 0.6 is 0 Å². The summed E-state index contributed by atoms with van der Waals surface area (Å²) in [5.74, 6) is -0.938. The molecule has 20 heavy (non-hydrogen) atoms. The molecule has 1 N–H and O–H groups in total. The molecule has 0 spiro atoms. The second kappa shape index (κ2) is 6.68. The van der Waals surface area contributed by atoms with Gasteiger partial charge in [-0.1, -0.05) is 6.92 Å². The second-order valence-electron chi connectivity index (χ2n) is 5.37. The molecule has 5 heteroatoms. The molecule has 1 aromatic carbocycles. The zero-order chi connectivity index (χ0) is 14.5. The van der Waals surface area contributed by atoms with Gasteiger partial charge in [0.05, 0.1) is 0 Å². The van der Waals surface area contributed by atoms with E-state index in [0.717, 1.165) is 38.1 Å². The van der Waals surface area contributed by atoms with Crippen molar-refractivity contribution in [1.29, 1.82) is 0 Å². The molecule has 3 nitrogen and oxygen atoms in total. The Bertz CT molecular complexity index is 471. The van der Waals surface area contributed by atoms with Gasteiger partial charge < -0.3 is 10.2 Å². The highest BCUT2D eigenvalue weighted by Gasteiger charge is 2.19. The SMILES string of the molecule is CC1CCN(C(=O)CCNc2ccc(F)c(F)c2)CC1. The van der Waals surface area contributed by atoms with Gasteiger partial charge in [0.25, 0.3) is 0 Å². The third-order valence-corrected chi connectivity index (χ3v) is 3.72. The van der Waals surface area contributed by atoms with Gasteiger partial charge in [-0.15, -0.1) is 0 Å². The molecule has 110 valence electrons. The summed E-state index contributed by atoms with van der Waals surface area (Å²) in [7, 11) is 0. The van der Waals surface area contributed by atoms with Gasteiger partial charge in [-0.25, -0.2) is 8.78 Å². The zero-order valence-corrected chi connectivity index (χ0v) is 11.7. The number of nitrogens with one attached hydrogen (secondary N) is 1. The van der Waals surface area contributed by atoms with E-state index in [1.165, 1.54) is 6.07 Å². The molecule has 0 saturated carbocycles. The Morgan fingerprint density at radius 3 is 2.65 bits per heavy atom. The average molecular weight is 282 g/mol. The number of piperidine rings is 1. The van der Waals surface area contributed by atoms with Crippen molar-refractivity contribution < 1.29 is 13.6 Å². The normalized spacial score (nSPS) is 16.2. The van der Waals surface area contributed by atoms with Gasteiger partial charge in [-0.2, -0.15) is 0 Å². The third kappa shape index (κ3) is 3.92. The predicted octanol–water partition coefficient (Wildman–Crippen LogP) is 3.03. The van der Waals surface area contributed by atoms with E-state index in [1.807, 2.05) is 4.90 Å². The van der Waals surface area contributed by atoms with Gasteiger partial charge in [-0.05, 0) is 37.0 Å². The van der Waals surface area contributed by atoms with Crippen LogP contribution in [0, 0.1) is 17.6 Å². The quantitative estimate of drug-likeness (QED) is 0.920. The first kappa shape index (κ1) is 14.8. The number of halogens is 2. The van der Waals surface area contributed by atoms with Crippen LogP contribution in [0.25, 0.3) is 0 Å². The van der Waals surface area contributed by atoms with Crippen LogP contribution in [0.1, 0.15) is 26.2 Å². The number of carbonyl (C=O) groups excluding carboxylic acids is 1. The third-order valence-electron chi connectivity index (χ3n) is 3.72. The number of anilines is 1. The van der Waals surface area contributed by atoms with Gasteiger partial charge in [0, 0.05) is 31.7 Å². The van der Waals surface area contributed by atoms with Crippen molar-refractivity contribution in [2.45, 2.75) is 26.2 Å². The number of likely N-dealkylation sites (tertiary alicyclic amines) is 1. The molecule has 1 saturated heterocycles. The Labute approximate surface area is 118 Å². The molecule has 0 radical (unpaired) electrons. The summed E-state index contributed by atoms with van der Waals surface area (Å²) in [4.78, 5) is 13.8. The Hall–Kier alpha value is -1.65. The lowest BCUT2D eigenvalue weighted by Gasteiger charge is -2.30. The van der Waals surface area contributed by atoms with Crippen molar-refractivity contribution in [1.82, 2.24) is 4.90 Å². The average Bonchev–Trinajstić information content (AvgIpc) is 2.43. The number of amides is 1. The highest BCUT2D eigenvalue weighted by molar-refractivity contribution is 5.76. The maximum atomic E-state index is 13.0. The summed E-state index contributed by atoms with van der Waals surface area (Å²) in [5, 5.41) is 2.94. The topological polar surface area (TPSA) is 32.3 Å². The highest BCUT2D eigenvalue weighted by atomic mass is 19.2. The van der Waals surface area contributed by atoms with E-state index >= 15 is 0 Å². The Balaban J connectivity index is 1.75. The molecule has 0 unspecified atom stereocenters. The molecule has 1 heterocycles. The fourth-order valence-corrected chi connectivity index (χ4v) is 2.34. The first-order chi connectivity index (χ1) is 9.56. The molecule has 1 amide bonds. The number of benzene rings is 1. The molecule has 1 aromatic rings. The van der Waals surface area contributed by atoms with Gasteiger partial charge in [0.1, 0.15) is 0 Å². The van der Waals surface area contributed by atoms with Crippen LogP contribution < -0.4 is 5.32 Å². The first-order valence-corrected chi connectivity index (χ1v) is 7.03. The van der Waals surface area contributed by atoms with E-state index in [-0.39, 0.29) is 5.91 Å². The van der Waals surface area contributed by atoms with Crippen molar-refractivity contribution in [2.24, 2.45) is 5.92 Å². The smallest absolute Gasteiger partial charge is 0.224 e. The monoisotopic (exact) mass is 282 g/mol. The fraction of sp³-hybridized carbons (Fsp3) is 0.533. The van der Waals surface area contributed by atoms with Gasteiger partial charge in [0.15, 0.2) is 11.6 Å². The molecule has 0 atom stereocenters. The Morgan fingerprint density at radius 2 is 2.00 bits per heavy atom. The summed E-state index contributed by atoms with van der Waals surface area (Å²) in [6.07, 6.45) is 2.48. The second-order valence-corrected chi connectivity index (χ2v) is 5.37. The van der Waals surface area contributed by atoms with Crippen molar-refractivity contribution in [2.75, 3.05) is 25.0 Å². The van der Waals surface area contributed by atoms with Crippen LogP contribution in [0.15, 0.2) is 18.2 Å². The summed E-state index contributed by atoms with van der Waals surface area (Å²) in [6, 6.07) is 3.64. The van der Waals surface area contributed by atoms with Crippen LogP contribution in [-0.2, 0) is 4.79 Å². The van der Waals surface area contributed by atoms with Crippen LogP contribution in [0.4, 0.5) is 14.5 Å². The lowest BCUT2D eigenvalue weighted by Crippen LogP contribution is -2.38. The number of rotatable bonds is 4. The summed E-state index contributed by atoms with van der Waals surface area (Å²) < 4.78 is 25.8. The molecular weight excluding hydrogens is 262 g/mol. The van der Waals surface area contributed by atoms with Crippen LogP contribution in [0.2, 0.25) is 0 Å². The number of hydrogen-bond acceptors (Lipinski definition) is 2. The molecule has 0 aliphatic carbocycles. The minimum absolute atomic E-state index is 0.118. The highest BCUT2D eigenvalue weighted by Crippen LogP contribution is 2.17. The van der Waals surface area contributed by atoms with Crippen LogP contribution in [-0.4, -0.2) is 30.4 Å². The molecular formula is C15H20F2N2O. The minimum atomic E-state index is -0.883. The summed E-state index contributed by atoms with van der Waals surface area (Å²) in [5.41, 5.74) is 0.490. The number of nitrogens with zero attached hydrogens (tertiary/aromatic N) is 1. The standard InChI is InChI=1S/C15H20F2N2O/c1-11-5-8-19(9-6-11)15(20)4-7-18-12-2-3-13(16)14(17)10-12/h2-3,10-11,18H,4-9H2,1H3. The van der Waals surface area contributed by atoms with Crippen molar-refractivity contribution >= 4 is 11.6 Å². The van der Waals surface area contributed by atoms with Gasteiger partial charge in [0.2, 0.25) is 5.91 Å². The van der Waals surface area contributed by atoms with E-state index in [2.05, 4.69) is 12.2 Å². The van der Waals surface area contributed by atoms with Crippen molar-refractivity contribution in [3.05, 3.63) is 29.8 Å². The maximum Gasteiger partial charge on any atom is 0.224 e. The van der Waals surface area contributed by atoms with Crippen molar-refractivity contribution in [3.8, 4) is 0 Å². The Morgan fingerprint density at radius 1 is 1.30 bits per heavy atom. The predicted molar refractivity (Wildman–Crippen MR) is 74.4 cm³/mol. The fourth-order valence-electron chi connectivity index (χ4n) is 2.34. The van der Waals surface area contributed by atoms with Crippen LogP contribution in [0.5, 0.6) is 0 Å². The minimum Gasteiger partial charge on any atom is -0.384 e. The molecule has 0 bridgehead atoms. The molecule has 2 rings (SSSR count).